The first kappa shape index (κ1) is 17.3. The Bertz CT molecular complexity index is 722. The molecule has 5 heteroatoms. The number of carbonyl (C=O) groups excluding carboxylic acids is 1. The molecule has 1 aromatic heterocycles. The topological polar surface area (TPSA) is 49.6 Å². The SMILES string of the molecule is O=C(CN1CCCC1)N1CCCC[C@H]1c1ncc(Cc2ccccc2)o1. The molecule has 2 aliphatic rings. The van der Waals surface area contributed by atoms with Gasteiger partial charge in [-0.05, 0) is 50.8 Å². The normalized spacial score (nSPS) is 21.2. The number of amides is 1. The molecule has 1 aromatic carbocycles. The van der Waals surface area contributed by atoms with Crippen molar-refractivity contribution in [3.05, 3.63) is 53.7 Å². The Morgan fingerprint density at radius 3 is 2.65 bits per heavy atom. The lowest BCUT2D eigenvalue weighted by Crippen LogP contribution is -2.43. The van der Waals surface area contributed by atoms with Crippen LogP contribution >= 0.6 is 0 Å². The molecule has 26 heavy (non-hydrogen) atoms. The third-order valence-corrected chi connectivity index (χ3v) is 5.46. The largest absolute Gasteiger partial charge is 0.443 e. The first-order valence-electron chi connectivity index (χ1n) is 9.80. The van der Waals surface area contributed by atoms with E-state index in [0.29, 0.717) is 12.4 Å². The van der Waals surface area contributed by atoms with Gasteiger partial charge >= 0.3 is 0 Å². The number of benzene rings is 1. The summed E-state index contributed by atoms with van der Waals surface area (Å²) in [5, 5.41) is 0. The lowest BCUT2D eigenvalue weighted by atomic mass is 10.0. The molecule has 0 spiro atoms. The number of aromatic nitrogens is 1. The van der Waals surface area contributed by atoms with Crippen molar-refractivity contribution < 1.29 is 9.21 Å². The fraction of sp³-hybridized carbons (Fsp3) is 0.524. The van der Waals surface area contributed by atoms with Crippen molar-refractivity contribution in [2.45, 2.75) is 44.6 Å². The van der Waals surface area contributed by atoms with Gasteiger partial charge in [-0.2, -0.15) is 0 Å². The average Bonchev–Trinajstić information content (AvgIpc) is 3.35. The van der Waals surface area contributed by atoms with Crippen molar-refractivity contribution in [3.8, 4) is 0 Å². The maximum atomic E-state index is 12.9. The molecule has 2 aromatic rings. The molecule has 2 saturated heterocycles. The van der Waals surface area contributed by atoms with E-state index in [2.05, 4.69) is 22.0 Å². The highest BCUT2D eigenvalue weighted by Gasteiger charge is 2.32. The van der Waals surface area contributed by atoms with Crippen molar-refractivity contribution in [1.82, 2.24) is 14.8 Å². The monoisotopic (exact) mass is 353 g/mol. The molecular formula is C21H27N3O2. The molecule has 4 rings (SSSR count). The summed E-state index contributed by atoms with van der Waals surface area (Å²) in [5.41, 5.74) is 1.21. The zero-order valence-corrected chi connectivity index (χ0v) is 15.3. The Kier molecular flexibility index (Phi) is 5.34. The number of piperidine rings is 1. The van der Waals surface area contributed by atoms with Crippen molar-refractivity contribution in [2.75, 3.05) is 26.2 Å². The van der Waals surface area contributed by atoms with Crippen molar-refractivity contribution >= 4 is 5.91 Å². The van der Waals surface area contributed by atoms with E-state index < -0.39 is 0 Å². The van der Waals surface area contributed by atoms with Gasteiger partial charge in [0.25, 0.3) is 0 Å². The highest BCUT2D eigenvalue weighted by molar-refractivity contribution is 5.78. The van der Waals surface area contributed by atoms with Gasteiger partial charge in [-0.25, -0.2) is 4.98 Å². The van der Waals surface area contributed by atoms with Crippen molar-refractivity contribution in [1.29, 1.82) is 0 Å². The summed E-state index contributed by atoms with van der Waals surface area (Å²) in [5.74, 6) is 1.79. The lowest BCUT2D eigenvalue weighted by Gasteiger charge is -2.34. The van der Waals surface area contributed by atoms with Crippen molar-refractivity contribution in [2.24, 2.45) is 0 Å². The fourth-order valence-electron chi connectivity index (χ4n) is 4.07. The van der Waals surface area contributed by atoms with Crippen LogP contribution in [0.1, 0.15) is 55.4 Å². The number of hydrogen-bond donors (Lipinski definition) is 0. The number of likely N-dealkylation sites (tertiary alicyclic amines) is 2. The van der Waals surface area contributed by atoms with Gasteiger partial charge in [0.2, 0.25) is 11.8 Å². The van der Waals surface area contributed by atoms with Gasteiger partial charge < -0.3 is 9.32 Å². The van der Waals surface area contributed by atoms with Gasteiger partial charge in [0.05, 0.1) is 12.7 Å². The van der Waals surface area contributed by atoms with Crippen LogP contribution in [0.2, 0.25) is 0 Å². The second-order valence-corrected chi connectivity index (χ2v) is 7.41. The quantitative estimate of drug-likeness (QED) is 0.826. The first-order chi connectivity index (χ1) is 12.8. The summed E-state index contributed by atoms with van der Waals surface area (Å²) in [6.45, 7) is 3.44. The summed E-state index contributed by atoms with van der Waals surface area (Å²) >= 11 is 0. The number of carbonyl (C=O) groups is 1. The van der Waals surface area contributed by atoms with Gasteiger partial charge in [-0.1, -0.05) is 30.3 Å². The van der Waals surface area contributed by atoms with Crippen LogP contribution in [0.15, 0.2) is 40.9 Å². The smallest absolute Gasteiger partial charge is 0.237 e. The van der Waals surface area contributed by atoms with Crippen molar-refractivity contribution in [3.63, 3.8) is 0 Å². The maximum Gasteiger partial charge on any atom is 0.237 e. The number of nitrogens with zero attached hydrogens (tertiary/aromatic N) is 3. The Morgan fingerprint density at radius 1 is 1.08 bits per heavy atom. The minimum atomic E-state index is -0.0108. The molecule has 0 aliphatic carbocycles. The third kappa shape index (κ3) is 3.98. The molecule has 1 amide bonds. The summed E-state index contributed by atoms with van der Waals surface area (Å²) in [4.78, 5) is 21.6. The Morgan fingerprint density at radius 2 is 1.85 bits per heavy atom. The Labute approximate surface area is 155 Å². The van der Waals surface area contributed by atoms with Crippen LogP contribution in [0, 0.1) is 0 Å². The molecule has 0 N–H and O–H groups in total. The Hall–Kier alpha value is -2.14. The van der Waals surface area contributed by atoms with E-state index in [1.165, 1.54) is 18.4 Å². The number of hydrogen-bond acceptors (Lipinski definition) is 4. The summed E-state index contributed by atoms with van der Waals surface area (Å²) in [6, 6.07) is 10.3. The van der Waals surface area contributed by atoms with Gasteiger partial charge in [0.1, 0.15) is 11.8 Å². The van der Waals surface area contributed by atoms with Gasteiger partial charge in [0, 0.05) is 13.0 Å². The fourth-order valence-corrected chi connectivity index (χ4v) is 4.07. The molecule has 0 radical (unpaired) electrons. The second-order valence-electron chi connectivity index (χ2n) is 7.41. The number of oxazole rings is 1. The first-order valence-corrected chi connectivity index (χ1v) is 9.80. The maximum absolute atomic E-state index is 12.9. The van der Waals surface area contributed by atoms with Crippen LogP contribution in [0.25, 0.3) is 0 Å². The second kappa shape index (κ2) is 8.04. The van der Waals surface area contributed by atoms with E-state index in [0.717, 1.165) is 51.1 Å². The van der Waals surface area contributed by atoms with Gasteiger partial charge in [-0.15, -0.1) is 0 Å². The zero-order chi connectivity index (χ0) is 17.8. The van der Waals surface area contributed by atoms with E-state index in [9.17, 15) is 4.79 Å². The number of rotatable bonds is 5. The molecule has 3 heterocycles. The molecule has 0 bridgehead atoms. The Balaban J connectivity index is 1.45. The third-order valence-electron chi connectivity index (χ3n) is 5.46. The standard InChI is InChI=1S/C21H27N3O2/c25-20(16-23-11-6-7-12-23)24-13-5-4-10-19(24)21-22-15-18(26-21)14-17-8-2-1-3-9-17/h1-3,8-9,15,19H,4-7,10-14,16H2/t19-/m0/s1. The van der Waals surface area contributed by atoms with Crippen LogP contribution in [0.4, 0.5) is 0 Å². The molecule has 138 valence electrons. The van der Waals surface area contributed by atoms with E-state index in [4.69, 9.17) is 4.42 Å². The van der Waals surface area contributed by atoms with Crippen LogP contribution in [0.5, 0.6) is 0 Å². The van der Waals surface area contributed by atoms with E-state index >= 15 is 0 Å². The van der Waals surface area contributed by atoms with Crippen LogP contribution in [-0.4, -0.2) is 46.9 Å². The highest BCUT2D eigenvalue weighted by Crippen LogP contribution is 2.31. The molecule has 0 unspecified atom stereocenters. The van der Waals surface area contributed by atoms with Gasteiger partial charge in [0.15, 0.2) is 0 Å². The van der Waals surface area contributed by atoms with E-state index in [-0.39, 0.29) is 11.9 Å². The van der Waals surface area contributed by atoms with E-state index in [1.54, 1.807) is 0 Å². The highest BCUT2D eigenvalue weighted by atomic mass is 16.4. The molecule has 0 saturated carbocycles. The minimum absolute atomic E-state index is 0.0108. The summed E-state index contributed by atoms with van der Waals surface area (Å²) < 4.78 is 6.06. The predicted molar refractivity (Wildman–Crippen MR) is 99.7 cm³/mol. The average molecular weight is 353 g/mol. The lowest BCUT2D eigenvalue weighted by molar-refractivity contribution is -0.136. The minimum Gasteiger partial charge on any atom is -0.443 e. The molecule has 2 fully saturated rings. The molecular weight excluding hydrogens is 326 g/mol. The van der Waals surface area contributed by atoms with Crippen LogP contribution < -0.4 is 0 Å². The molecule has 2 aliphatic heterocycles. The van der Waals surface area contributed by atoms with Crippen LogP contribution in [-0.2, 0) is 11.2 Å². The van der Waals surface area contributed by atoms with E-state index in [1.807, 2.05) is 29.3 Å². The molecule has 5 nitrogen and oxygen atoms in total. The predicted octanol–water partition coefficient (Wildman–Crippen LogP) is 3.41. The van der Waals surface area contributed by atoms with Gasteiger partial charge in [-0.3, -0.25) is 9.69 Å². The summed E-state index contributed by atoms with van der Waals surface area (Å²) in [6.07, 6.45) is 8.10. The zero-order valence-electron chi connectivity index (χ0n) is 15.3. The molecule has 1 atom stereocenters. The summed E-state index contributed by atoms with van der Waals surface area (Å²) in [7, 11) is 0. The van der Waals surface area contributed by atoms with Crippen LogP contribution in [0.3, 0.4) is 0 Å².